The number of rotatable bonds is 3. The van der Waals surface area contributed by atoms with Gasteiger partial charge in [0, 0.05) is 11.6 Å². The molecule has 0 atom stereocenters. The van der Waals surface area contributed by atoms with Gasteiger partial charge in [-0.3, -0.25) is 0 Å². The minimum atomic E-state index is 0.182. The highest BCUT2D eigenvalue weighted by Gasteiger charge is 2.08. The average Bonchev–Trinajstić information content (AvgIpc) is 2.85. The van der Waals surface area contributed by atoms with E-state index in [1.165, 1.54) is 0 Å². The van der Waals surface area contributed by atoms with E-state index in [2.05, 4.69) is 25.3 Å². The molecule has 4 N–H and O–H groups in total. The molecular weight excluding hydrogens is 264 g/mol. The number of H-pyrrole nitrogens is 1. The second kappa shape index (κ2) is 4.74. The zero-order chi connectivity index (χ0) is 13.2. The number of nitrogen functional groups attached to an aromatic ring is 1. The van der Waals surface area contributed by atoms with Crippen LogP contribution in [-0.2, 0) is 6.54 Å². The number of hydrogen-bond acceptors (Lipinski definition) is 5. The summed E-state index contributed by atoms with van der Waals surface area (Å²) in [6.45, 7) is 0.546. The molecule has 0 aliphatic heterocycles. The van der Waals surface area contributed by atoms with Gasteiger partial charge >= 0.3 is 0 Å². The minimum Gasteiger partial charge on any atom is -0.368 e. The van der Waals surface area contributed by atoms with E-state index >= 15 is 0 Å². The summed E-state index contributed by atoms with van der Waals surface area (Å²) in [4.78, 5) is 15.2. The van der Waals surface area contributed by atoms with Crippen LogP contribution in [0.5, 0.6) is 0 Å². The van der Waals surface area contributed by atoms with Gasteiger partial charge < -0.3 is 16.0 Å². The maximum Gasteiger partial charge on any atom is 0.224 e. The average molecular weight is 275 g/mol. The van der Waals surface area contributed by atoms with Crippen molar-refractivity contribution in [3.8, 4) is 0 Å². The third-order valence-electron chi connectivity index (χ3n) is 2.71. The molecule has 0 unspecified atom stereocenters. The number of benzene rings is 1. The summed E-state index contributed by atoms with van der Waals surface area (Å²) in [7, 11) is 0. The molecule has 0 saturated carbocycles. The Hall–Kier alpha value is -2.34. The molecule has 6 nitrogen and oxygen atoms in total. The molecule has 7 heteroatoms. The van der Waals surface area contributed by atoms with Gasteiger partial charge in [-0.05, 0) is 11.6 Å². The molecule has 0 aliphatic rings. The van der Waals surface area contributed by atoms with E-state index in [1.807, 2.05) is 24.3 Å². The van der Waals surface area contributed by atoms with Crippen molar-refractivity contribution in [2.75, 3.05) is 11.1 Å². The Labute approximate surface area is 114 Å². The predicted molar refractivity (Wildman–Crippen MR) is 74.9 cm³/mol. The standard InChI is InChI=1S/C12H11ClN6/c13-8-4-2-1-3-7(8)5-15-10-9-11(17-6-16-9)19-12(14)18-10/h1-4,6H,5H2,(H4,14,15,16,17,18,19). The Balaban J connectivity index is 1.90. The van der Waals surface area contributed by atoms with Crippen molar-refractivity contribution in [2.24, 2.45) is 0 Å². The molecule has 0 aliphatic carbocycles. The van der Waals surface area contributed by atoms with E-state index in [4.69, 9.17) is 17.3 Å². The SMILES string of the molecule is Nc1nc(NCc2ccccc2Cl)c2[nH]cnc2n1. The smallest absolute Gasteiger partial charge is 0.224 e. The number of nitrogens with zero attached hydrogens (tertiary/aromatic N) is 3. The Bertz CT molecular complexity index is 723. The number of imidazole rings is 1. The maximum absolute atomic E-state index is 6.10. The molecule has 0 fully saturated rings. The lowest BCUT2D eigenvalue weighted by atomic mass is 10.2. The van der Waals surface area contributed by atoms with Crippen molar-refractivity contribution in [1.29, 1.82) is 0 Å². The number of aromatic nitrogens is 4. The van der Waals surface area contributed by atoms with Crippen molar-refractivity contribution in [2.45, 2.75) is 6.54 Å². The fourth-order valence-corrected chi connectivity index (χ4v) is 2.00. The number of aromatic amines is 1. The Morgan fingerprint density at radius 2 is 2.11 bits per heavy atom. The third-order valence-corrected chi connectivity index (χ3v) is 3.08. The first kappa shape index (κ1) is 11.7. The Morgan fingerprint density at radius 3 is 2.95 bits per heavy atom. The van der Waals surface area contributed by atoms with Crippen molar-refractivity contribution in [3.63, 3.8) is 0 Å². The van der Waals surface area contributed by atoms with Gasteiger partial charge in [-0.1, -0.05) is 29.8 Å². The van der Waals surface area contributed by atoms with Gasteiger partial charge in [0.1, 0.15) is 5.52 Å². The number of nitrogens with two attached hydrogens (primary N) is 1. The normalized spacial score (nSPS) is 10.8. The first-order valence-corrected chi connectivity index (χ1v) is 6.05. The van der Waals surface area contributed by atoms with Gasteiger partial charge in [0.25, 0.3) is 0 Å². The van der Waals surface area contributed by atoms with E-state index < -0.39 is 0 Å². The van der Waals surface area contributed by atoms with Crippen molar-refractivity contribution in [3.05, 3.63) is 41.2 Å². The van der Waals surface area contributed by atoms with Crippen LogP contribution in [0.15, 0.2) is 30.6 Å². The van der Waals surface area contributed by atoms with E-state index in [1.54, 1.807) is 6.33 Å². The van der Waals surface area contributed by atoms with Crippen LogP contribution in [0.25, 0.3) is 11.2 Å². The third kappa shape index (κ3) is 2.30. The van der Waals surface area contributed by atoms with Crippen LogP contribution in [0.1, 0.15) is 5.56 Å². The molecule has 1 aromatic carbocycles. The zero-order valence-electron chi connectivity index (χ0n) is 9.89. The summed E-state index contributed by atoms with van der Waals surface area (Å²) in [6.07, 6.45) is 1.56. The lowest BCUT2D eigenvalue weighted by molar-refractivity contribution is 1.10. The Morgan fingerprint density at radius 1 is 1.26 bits per heavy atom. The van der Waals surface area contributed by atoms with Crippen LogP contribution in [-0.4, -0.2) is 19.9 Å². The second-order valence-electron chi connectivity index (χ2n) is 3.98. The van der Waals surface area contributed by atoms with Crippen LogP contribution in [0.4, 0.5) is 11.8 Å². The molecule has 0 saturated heterocycles. The molecule has 3 rings (SSSR count). The highest BCUT2D eigenvalue weighted by atomic mass is 35.5. The lowest BCUT2D eigenvalue weighted by Crippen LogP contribution is -2.05. The Kier molecular flexibility index (Phi) is 2.92. The summed E-state index contributed by atoms with van der Waals surface area (Å²) >= 11 is 6.10. The van der Waals surface area contributed by atoms with Crippen molar-refractivity contribution < 1.29 is 0 Å². The van der Waals surface area contributed by atoms with Crippen LogP contribution >= 0.6 is 11.6 Å². The highest BCUT2D eigenvalue weighted by molar-refractivity contribution is 6.31. The number of nitrogens with one attached hydrogen (secondary N) is 2. The number of halogens is 1. The summed E-state index contributed by atoms with van der Waals surface area (Å²) in [5.74, 6) is 0.793. The van der Waals surface area contributed by atoms with E-state index in [0.29, 0.717) is 23.0 Å². The summed E-state index contributed by atoms with van der Waals surface area (Å²) in [6, 6.07) is 7.62. The number of fused-ring (bicyclic) bond motifs is 1. The lowest BCUT2D eigenvalue weighted by Gasteiger charge is -2.08. The quantitative estimate of drug-likeness (QED) is 0.681. The van der Waals surface area contributed by atoms with Crippen LogP contribution in [0, 0.1) is 0 Å². The van der Waals surface area contributed by atoms with Crippen LogP contribution in [0.3, 0.4) is 0 Å². The topological polar surface area (TPSA) is 92.5 Å². The van der Waals surface area contributed by atoms with Gasteiger partial charge in [0.2, 0.25) is 5.95 Å². The minimum absolute atomic E-state index is 0.182. The first-order valence-electron chi connectivity index (χ1n) is 5.68. The molecule has 0 spiro atoms. The molecule has 2 heterocycles. The van der Waals surface area contributed by atoms with Crippen LogP contribution in [0.2, 0.25) is 5.02 Å². The van der Waals surface area contributed by atoms with E-state index in [9.17, 15) is 0 Å². The summed E-state index contributed by atoms with van der Waals surface area (Å²) < 4.78 is 0. The number of hydrogen-bond donors (Lipinski definition) is 3. The molecule has 2 aromatic heterocycles. The van der Waals surface area contributed by atoms with Crippen molar-refractivity contribution >= 4 is 34.5 Å². The maximum atomic E-state index is 6.10. The van der Waals surface area contributed by atoms with E-state index in [0.717, 1.165) is 11.1 Å². The second-order valence-corrected chi connectivity index (χ2v) is 4.38. The van der Waals surface area contributed by atoms with Gasteiger partial charge in [-0.2, -0.15) is 9.97 Å². The monoisotopic (exact) mass is 274 g/mol. The van der Waals surface area contributed by atoms with Gasteiger partial charge in [-0.15, -0.1) is 0 Å². The van der Waals surface area contributed by atoms with E-state index in [-0.39, 0.29) is 5.95 Å². The molecular formula is C12H11ClN6. The van der Waals surface area contributed by atoms with Gasteiger partial charge in [0.15, 0.2) is 11.5 Å². The fraction of sp³-hybridized carbons (Fsp3) is 0.0833. The summed E-state index contributed by atoms with van der Waals surface area (Å²) in [5, 5.41) is 3.89. The highest BCUT2D eigenvalue weighted by Crippen LogP contribution is 2.20. The molecule has 19 heavy (non-hydrogen) atoms. The summed E-state index contributed by atoms with van der Waals surface area (Å²) in [5.41, 5.74) is 7.88. The van der Waals surface area contributed by atoms with Gasteiger partial charge in [-0.25, -0.2) is 4.98 Å². The number of anilines is 2. The van der Waals surface area contributed by atoms with Crippen LogP contribution < -0.4 is 11.1 Å². The zero-order valence-corrected chi connectivity index (χ0v) is 10.6. The first-order chi connectivity index (χ1) is 9.24. The molecule has 0 radical (unpaired) electrons. The van der Waals surface area contributed by atoms with Gasteiger partial charge in [0.05, 0.1) is 6.33 Å². The molecule has 3 aromatic rings. The fourth-order valence-electron chi connectivity index (χ4n) is 1.80. The van der Waals surface area contributed by atoms with Crippen molar-refractivity contribution in [1.82, 2.24) is 19.9 Å². The molecule has 0 amide bonds. The molecule has 96 valence electrons. The largest absolute Gasteiger partial charge is 0.368 e. The molecule has 0 bridgehead atoms. The predicted octanol–water partition coefficient (Wildman–Crippen LogP) is 2.20.